The molecule has 0 aliphatic carbocycles. The number of rotatable bonds is 13. The van der Waals surface area contributed by atoms with Crippen LogP contribution in [0.3, 0.4) is 0 Å². The Morgan fingerprint density at radius 2 is 1.82 bits per heavy atom. The smallest absolute Gasteiger partial charge is 0.222 e. The molecule has 6 nitrogen and oxygen atoms in total. The van der Waals surface area contributed by atoms with E-state index in [0.29, 0.717) is 13.0 Å². The number of nitrogen functional groups attached to an aromatic ring is 1. The summed E-state index contributed by atoms with van der Waals surface area (Å²) in [6.45, 7) is 4.09. The summed E-state index contributed by atoms with van der Waals surface area (Å²) in [4.78, 5) is 21.7. The van der Waals surface area contributed by atoms with Crippen molar-refractivity contribution in [1.29, 1.82) is 0 Å². The van der Waals surface area contributed by atoms with Crippen molar-refractivity contribution in [3.63, 3.8) is 0 Å². The molecule has 0 atom stereocenters. The number of ketones is 1. The van der Waals surface area contributed by atoms with Gasteiger partial charge in [-0.3, -0.25) is 0 Å². The Morgan fingerprint density at radius 1 is 1.03 bits per heavy atom. The highest BCUT2D eigenvalue weighted by Gasteiger charge is 2.08. The average molecular weight is 467 g/mol. The first kappa shape index (κ1) is 24.5. The van der Waals surface area contributed by atoms with E-state index in [2.05, 4.69) is 20.9 Å². The van der Waals surface area contributed by atoms with Crippen LogP contribution in [-0.2, 0) is 4.79 Å². The van der Waals surface area contributed by atoms with E-state index in [1.807, 2.05) is 48.5 Å². The molecule has 3 rings (SSSR count). The standard InChI is InChI=1S/C26H31ClN4O2/c1-20(32)8-2-3-15-31(23-11-7-10-22(28)19-23)16-4-5-17-33-24-12-6-9-21(18-24)25-13-14-29-26(27)30-25/h6-7,9-14,18-19H,2-5,8,15-17,28H2,1H3. The second-order valence-electron chi connectivity index (χ2n) is 8.04. The lowest BCUT2D eigenvalue weighted by atomic mass is 10.1. The van der Waals surface area contributed by atoms with E-state index in [9.17, 15) is 4.79 Å². The zero-order valence-corrected chi connectivity index (χ0v) is 19.8. The number of Topliss-reactive ketones (excluding diaryl/α,β-unsaturated/α-hetero) is 1. The predicted molar refractivity (Wildman–Crippen MR) is 135 cm³/mol. The lowest BCUT2D eigenvalue weighted by Gasteiger charge is -2.25. The van der Waals surface area contributed by atoms with E-state index < -0.39 is 0 Å². The van der Waals surface area contributed by atoms with Gasteiger partial charge in [-0.15, -0.1) is 0 Å². The second-order valence-corrected chi connectivity index (χ2v) is 8.37. The van der Waals surface area contributed by atoms with Crippen LogP contribution >= 0.6 is 11.6 Å². The highest BCUT2D eigenvalue weighted by atomic mass is 35.5. The number of nitrogens with zero attached hydrogens (tertiary/aromatic N) is 3. The normalized spacial score (nSPS) is 10.7. The van der Waals surface area contributed by atoms with Crippen LogP contribution in [-0.4, -0.2) is 35.4 Å². The van der Waals surface area contributed by atoms with Gasteiger partial charge in [-0.05, 0) is 80.6 Å². The van der Waals surface area contributed by atoms with E-state index in [1.165, 1.54) is 0 Å². The molecule has 0 aliphatic heterocycles. The maximum atomic E-state index is 11.2. The van der Waals surface area contributed by atoms with Crippen LogP contribution in [0, 0.1) is 0 Å². The summed E-state index contributed by atoms with van der Waals surface area (Å²) in [6, 6.07) is 17.6. The lowest BCUT2D eigenvalue weighted by molar-refractivity contribution is -0.117. The highest BCUT2D eigenvalue weighted by Crippen LogP contribution is 2.23. The number of carbonyl (C=O) groups is 1. The minimum Gasteiger partial charge on any atom is -0.494 e. The zero-order chi connectivity index (χ0) is 23.5. The summed E-state index contributed by atoms with van der Waals surface area (Å²) in [5.74, 6) is 1.05. The Kier molecular flexibility index (Phi) is 9.51. The third-order valence-corrected chi connectivity index (χ3v) is 5.47. The third kappa shape index (κ3) is 8.39. The molecule has 7 heteroatoms. The Hall–Kier alpha value is -3.12. The molecule has 33 heavy (non-hydrogen) atoms. The first-order valence-corrected chi connectivity index (χ1v) is 11.7. The van der Waals surface area contributed by atoms with Gasteiger partial charge in [-0.2, -0.15) is 0 Å². The molecule has 1 heterocycles. The zero-order valence-electron chi connectivity index (χ0n) is 19.0. The fourth-order valence-electron chi connectivity index (χ4n) is 3.60. The van der Waals surface area contributed by atoms with Crippen molar-refractivity contribution in [2.75, 3.05) is 30.3 Å². The van der Waals surface area contributed by atoms with Crippen LogP contribution in [0.15, 0.2) is 60.8 Å². The number of halogens is 1. The van der Waals surface area contributed by atoms with Crippen molar-refractivity contribution in [2.45, 2.75) is 39.0 Å². The Balaban J connectivity index is 1.49. The van der Waals surface area contributed by atoms with E-state index in [4.69, 9.17) is 22.1 Å². The van der Waals surface area contributed by atoms with E-state index in [0.717, 1.165) is 67.2 Å². The number of hydrogen-bond acceptors (Lipinski definition) is 6. The van der Waals surface area contributed by atoms with Crippen LogP contribution in [0.25, 0.3) is 11.3 Å². The molecule has 174 valence electrons. The van der Waals surface area contributed by atoms with Gasteiger partial charge < -0.3 is 20.2 Å². The van der Waals surface area contributed by atoms with Crippen molar-refractivity contribution in [3.05, 3.63) is 66.1 Å². The van der Waals surface area contributed by atoms with Crippen molar-refractivity contribution in [1.82, 2.24) is 9.97 Å². The van der Waals surface area contributed by atoms with Crippen molar-refractivity contribution in [3.8, 4) is 17.0 Å². The monoisotopic (exact) mass is 466 g/mol. The molecule has 0 saturated heterocycles. The number of ether oxygens (including phenoxy) is 1. The first-order chi connectivity index (χ1) is 16.0. The third-order valence-electron chi connectivity index (χ3n) is 5.29. The van der Waals surface area contributed by atoms with Gasteiger partial charge >= 0.3 is 0 Å². The highest BCUT2D eigenvalue weighted by molar-refractivity contribution is 6.28. The van der Waals surface area contributed by atoms with Crippen molar-refractivity contribution >= 4 is 28.8 Å². The lowest BCUT2D eigenvalue weighted by Crippen LogP contribution is -2.26. The van der Waals surface area contributed by atoms with Crippen LogP contribution in [0.1, 0.15) is 39.0 Å². The summed E-state index contributed by atoms with van der Waals surface area (Å²) >= 11 is 5.91. The van der Waals surface area contributed by atoms with Crippen LogP contribution in [0.2, 0.25) is 5.28 Å². The summed E-state index contributed by atoms with van der Waals surface area (Å²) in [5, 5.41) is 0.227. The Morgan fingerprint density at radius 3 is 2.58 bits per heavy atom. The van der Waals surface area contributed by atoms with Gasteiger partial charge in [0.2, 0.25) is 5.28 Å². The molecule has 1 aromatic heterocycles. The van der Waals surface area contributed by atoms with Gasteiger partial charge in [-0.1, -0.05) is 18.2 Å². The van der Waals surface area contributed by atoms with Crippen LogP contribution < -0.4 is 15.4 Å². The molecule has 0 spiro atoms. The number of carbonyl (C=O) groups excluding carboxylic acids is 1. The van der Waals surface area contributed by atoms with Gasteiger partial charge in [0.1, 0.15) is 11.5 Å². The number of hydrogen-bond donors (Lipinski definition) is 1. The minimum atomic E-state index is 0.227. The summed E-state index contributed by atoms with van der Waals surface area (Å²) in [5.41, 5.74) is 9.57. The number of nitrogens with two attached hydrogens (primary N) is 1. The van der Waals surface area contributed by atoms with Gasteiger partial charge in [0.05, 0.1) is 12.3 Å². The summed E-state index contributed by atoms with van der Waals surface area (Å²) < 4.78 is 5.98. The van der Waals surface area contributed by atoms with Crippen molar-refractivity contribution in [2.24, 2.45) is 0 Å². The molecule has 0 fully saturated rings. The van der Waals surface area contributed by atoms with Crippen LogP contribution in [0.4, 0.5) is 11.4 Å². The van der Waals surface area contributed by atoms with E-state index in [1.54, 1.807) is 13.1 Å². The minimum absolute atomic E-state index is 0.227. The molecule has 2 aromatic carbocycles. The predicted octanol–water partition coefficient (Wildman–Crippen LogP) is 5.80. The average Bonchev–Trinajstić information content (AvgIpc) is 2.80. The van der Waals surface area contributed by atoms with E-state index >= 15 is 0 Å². The molecular weight excluding hydrogens is 436 g/mol. The van der Waals surface area contributed by atoms with Gasteiger partial charge in [0.25, 0.3) is 0 Å². The topological polar surface area (TPSA) is 81.3 Å². The van der Waals surface area contributed by atoms with Crippen LogP contribution in [0.5, 0.6) is 5.75 Å². The SMILES string of the molecule is CC(=O)CCCCN(CCCCOc1cccc(-c2ccnc(Cl)n2)c1)c1cccc(N)c1. The fourth-order valence-corrected chi connectivity index (χ4v) is 3.75. The molecule has 0 radical (unpaired) electrons. The Bertz CT molecular complexity index is 1040. The molecular formula is C26H31ClN4O2. The number of benzene rings is 2. The summed E-state index contributed by atoms with van der Waals surface area (Å²) in [7, 11) is 0. The number of aromatic nitrogens is 2. The largest absolute Gasteiger partial charge is 0.494 e. The fraction of sp³-hybridized carbons (Fsp3) is 0.346. The molecule has 0 saturated carbocycles. The molecule has 0 amide bonds. The van der Waals surface area contributed by atoms with Crippen molar-refractivity contribution < 1.29 is 9.53 Å². The molecule has 0 aliphatic rings. The summed E-state index contributed by atoms with van der Waals surface area (Å²) in [6.07, 6.45) is 6.08. The Labute approximate surface area is 200 Å². The van der Waals surface area contributed by atoms with Gasteiger partial charge in [-0.25, -0.2) is 9.97 Å². The van der Waals surface area contributed by atoms with Gasteiger partial charge in [0, 0.05) is 42.6 Å². The number of anilines is 2. The van der Waals surface area contributed by atoms with E-state index in [-0.39, 0.29) is 11.1 Å². The van der Waals surface area contributed by atoms with Gasteiger partial charge in [0.15, 0.2) is 0 Å². The molecule has 3 aromatic rings. The number of unbranched alkanes of at least 4 members (excludes halogenated alkanes) is 2. The maximum absolute atomic E-state index is 11.2. The maximum Gasteiger partial charge on any atom is 0.222 e. The molecule has 2 N–H and O–H groups in total. The second kappa shape index (κ2) is 12.8. The molecule has 0 bridgehead atoms. The quantitative estimate of drug-likeness (QED) is 0.194. The molecule has 0 unspecified atom stereocenters. The first-order valence-electron chi connectivity index (χ1n) is 11.3.